The molecule has 0 fully saturated rings. The van der Waals surface area contributed by atoms with Crippen molar-refractivity contribution < 1.29 is 54.0 Å². The van der Waals surface area contributed by atoms with E-state index in [0.717, 1.165) is 65.4 Å². The number of hydrogen-bond donors (Lipinski definition) is 0. The summed E-state index contributed by atoms with van der Waals surface area (Å²) in [5.74, 6) is 0. The van der Waals surface area contributed by atoms with E-state index in [1.54, 1.807) is 37.2 Å². The second-order valence-electron chi connectivity index (χ2n) is 9.65. The Hall–Kier alpha value is -4.50. The molecule has 6 heterocycles. The fourth-order valence-electron chi connectivity index (χ4n) is 5.04. The molecule has 0 aliphatic heterocycles. The Kier molecular flexibility index (Phi) is 13.1. The van der Waals surface area contributed by atoms with E-state index in [2.05, 4.69) is 103 Å². The number of nitrogens with zero attached hydrogens (tertiary/aromatic N) is 6. The van der Waals surface area contributed by atoms with Crippen LogP contribution in [0.5, 0.6) is 0 Å². The Bertz CT molecular complexity index is 1930. The van der Waals surface area contributed by atoms with Gasteiger partial charge in [-0.05, 0) is 36.4 Å². The van der Waals surface area contributed by atoms with Crippen LogP contribution in [-0.2, 0) is 16.8 Å². The van der Waals surface area contributed by atoms with Crippen LogP contribution in [0.1, 0.15) is 0 Å². The molecule has 0 amide bonds. The second kappa shape index (κ2) is 16.7. The van der Waals surface area contributed by atoms with E-state index in [1.807, 2.05) is 36.4 Å². The van der Waals surface area contributed by atoms with E-state index in [4.69, 9.17) is 0 Å². The molecular formula is C36H24Cl3CoN6. The average Bonchev–Trinajstić information content (AvgIpc) is 3.09. The molecule has 6 aromatic heterocycles. The molecule has 3 aromatic carbocycles. The third-order valence-corrected chi connectivity index (χ3v) is 7.03. The first-order chi connectivity index (χ1) is 20.8. The van der Waals surface area contributed by atoms with E-state index in [0.29, 0.717) is 0 Å². The van der Waals surface area contributed by atoms with Gasteiger partial charge in [0.2, 0.25) is 0 Å². The van der Waals surface area contributed by atoms with Crippen molar-refractivity contribution >= 4 is 65.4 Å². The van der Waals surface area contributed by atoms with Gasteiger partial charge >= 0.3 is 16.8 Å². The van der Waals surface area contributed by atoms with Gasteiger partial charge in [-0.1, -0.05) is 72.8 Å². The number of aromatic nitrogens is 6. The largest absolute Gasteiger partial charge is 3.00 e. The van der Waals surface area contributed by atoms with Crippen LogP contribution >= 0.6 is 0 Å². The van der Waals surface area contributed by atoms with Gasteiger partial charge in [-0.2, -0.15) is 0 Å². The molecule has 0 aliphatic carbocycles. The third-order valence-electron chi connectivity index (χ3n) is 7.03. The summed E-state index contributed by atoms with van der Waals surface area (Å²) in [5, 5.41) is 6.83. The molecule has 9 aromatic rings. The summed E-state index contributed by atoms with van der Waals surface area (Å²) in [6.45, 7) is 0. The quantitative estimate of drug-likeness (QED) is 0.196. The van der Waals surface area contributed by atoms with Crippen molar-refractivity contribution in [2.24, 2.45) is 0 Å². The Morgan fingerprint density at radius 2 is 0.391 bits per heavy atom. The van der Waals surface area contributed by atoms with E-state index < -0.39 is 0 Å². The summed E-state index contributed by atoms with van der Waals surface area (Å²) in [7, 11) is 0. The number of benzene rings is 3. The molecule has 0 radical (unpaired) electrons. The maximum absolute atomic E-state index is 4.35. The minimum atomic E-state index is 0. The van der Waals surface area contributed by atoms with E-state index >= 15 is 0 Å². The fourth-order valence-corrected chi connectivity index (χ4v) is 5.04. The summed E-state index contributed by atoms with van der Waals surface area (Å²) in [4.78, 5) is 26.1. The van der Waals surface area contributed by atoms with Gasteiger partial charge in [0.15, 0.2) is 0 Å². The molecule has 46 heavy (non-hydrogen) atoms. The number of halogens is 3. The summed E-state index contributed by atoms with van der Waals surface area (Å²) >= 11 is 0. The molecule has 0 unspecified atom stereocenters. The van der Waals surface area contributed by atoms with Gasteiger partial charge < -0.3 is 37.2 Å². The second-order valence-corrected chi connectivity index (χ2v) is 9.65. The Balaban J connectivity index is 0.000000180. The molecule has 0 N–H and O–H groups in total. The summed E-state index contributed by atoms with van der Waals surface area (Å²) in [6.07, 6.45) is 10.8. The van der Waals surface area contributed by atoms with E-state index in [-0.39, 0.29) is 54.0 Å². The number of pyridine rings is 6. The third kappa shape index (κ3) is 7.47. The number of rotatable bonds is 0. The van der Waals surface area contributed by atoms with Crippen LogP contribution in [0.15, 0.2) is 146 Å². The fraction of sp³-hybridized carbons (Fsp3) is 0. The van der Waals surface area contributed by atoms with Crippen molar-refractivity contribution in [3.63, 3.8) is 0 Å². The average molecular weight is 706 g/mol. The van der Waals surface area contributed by atoms with Gasteiger partial charge in [0, 0.05) is 69.5 Å². The summed E-state index contributed by atoms with van der Waals surface area (Å²) < 4.78 is 0. The smallest absolute Gasteiger partial charge is 1.00 e. The van der Waals surface area contributed by atoms with E-state index in [9.17, 15) is 0 Å². The number of fused-ring (bicyclic) bond motifs is 9. The maximum atomic E-state index is 4.35. The predicted molar refractivity (Wildman–Crippen MR) is 171 cm³/mol. The molecular weight excluding hydrogens is 682 g/mol. The molecule has 228 valence electrons. The van der Waals surface area contributed by atoms with Crippen molar-refractivity contribution in [1.29, 1.82) is 0 Å². The van der Waals surface area contributed by atoms with Gasteiger partial charge in [0.05, 0.1) is 33.1 Å². The van der Waals surface area contributed by atoms with Crippen molar-refractivity contribution in [3.8, 4) is 0 Å². The van der Waals surface area contributed by atoms with Gasteiger partial charge in [-0.3, -0.25) is 29.9 Å². The zero-order chi connectivity index (χ0) is 28.1. The molecule has 6 nitrogen and oxygen atoms in total. The van der Waals surface area contributed by atoms with Crippen LogP contribution in [0, 0.1) is 0 Å². The zero-order valence-corrected chi connectivity index (χ0v) is 27.3. The molecule has 0 bridgehead atoms. The molecule has 0 atom stereocenters. The standard InChI is InChI=1S/3C12H8N2.3ClH.Co/c3*1-3-9-5-6-10-4-2-8-14-12(10)11(9)13-7-1;;;;/h3*1-8H;3*1H;/q;;;;;;+3/p-3. The van der Waals surface area contributed by atoms with Crippen LogP contribution in [0.2, 0.25) is 0 Å². The Morgan fingerprint density at radius 1 is 0.239 bits per heavy atom. The molecule has 9 rings (SSSR count). The van der Waals surface area contributed by atoms with Crippen LogP contribution in [0.3, 0.4) is 0 Å². The normalized spacial score (nSPS) is 9.91. The Morgan fingerprint density at radius 3 is 0.543 bits per heavy atom. The van der Waals surface area contributed by atoms with Gasteiger partial charge in [0.25, 0.3) is 0 Å². The zero-order valence-electron chi connectivity index (χ0n) is 24.0. The van der Waals surface area contributed by atoms with Crippen LogP contribution in [0.25, 0.3) is 65.4 Å². The Labute approximate surface area is 294 Å². The molecule has 10 heteroatoms. The van der Waals surface area contributed by atoms with Crippen molar-refractivity contribution in [1.82, 2.24) is 29.9 Å². The predicted octanol–water partition coefficient (Wildman–Crippen LogP) is -0.641. The van der Waals surface area contributed by atoms with Crippen molar-refractivity contribution in [2.75, 3.05) is 0 Å². The van der Waals surface area contributed by atoms with Crippen LogP contribution in [0.4, 0.5) is 0 Å². The monoisotopic (exact) mass is 704 g/mol. The first-order valence-electron chi connectivity index (χ1n) is 13.6. The molecule has 0 aliphatic rings. The van der Waals surface area contributed by atoms with E-state index in [1.165, 1.54) is 0 Å². The van der Waals surface area contributed by atoms with Crippen LogP contribution in [-0.4, -0.2) is 29.9 Å². The van der Waals surface area contributed by atoms with Crippen molar-refractivity contribution in [3.05, 3.63) is 146 Å². The minimum Gasteiger partial charge on any atom is -1.00 e. The summed E-state index contributed by atoms with van der Waals surface area (Å²) in [6, 6.07) is 36.4. The SMILES string of the molecule is [Cl-].[Cl-].[Cl-].[Co+3].c1cnc2c(c1)ccc1cccnc12.c1cnc2c(c1)ccc1cccnc12.c1cnc2c(c1)ccc1cccnc12. The van der Waals surface area contributed by atoms with Crippen LogP contribution < -0.4 is 37.2 Å². The molecule has 0 spiro atoms. The first-order valence-corrected chi connectivity index (χ1v) is 13.6. The molecule has 0 saturated heterocycles. The summed E-state index contributed by atoms with van der Waals surface area (Å²) in [5.41, 5.74) is 5.86. The van der Waals surface area contributed by atoms with Gasteiger partial charge in [-0.15, -0.1) is 0 Å². The van der Waals surface area contributed by atoms with Crippen molar-refractivity contribution in [2.45, 2.75) is 0 Å². The topological polar surface area (TPSA) is 77.3 Å². The van der Waals surface area contributed by atoms with Gasteiger partial charge in [-0.25, -0.2) is 0 Å². The molecule has 0 saturated carbocycles. The first kappa shape index (κ1) is 36.0. The number of hydrogen-bond acceptors (Lipinski definition) is 6. The maximum Gasteiger partial charge on any atom is 3.00 e. The minimum absolute atomic E-state index is 0. The van der Waals surface area contributed by atoms with Gasteiger partial charge in [0.1, 0.15) is 0 Å².